The van der Waals surface area contributed by atoms with Crippen molar-refractivity contribution < 1.29 is 31.2 Å². The lowest BCUT2D eigenvalue weighted by molar-refractivity contribution is -0.132. The maximum absolute atomic E-state index is 14.5. The fraction of sp³-hybridized carbons (Fsp3) is 0.400. The Morgan fingerprint density at radius 3 is 2.47 bits per heavy atom. The molecule has 2 unspecified atom stereocenters. The molecule has 202 valence electrons. The third-order valence-electron chi connectivity index (χ3n) is 6.50. The van der Waals surface area contributed by atoms with Gasteiger partial charge < -0.3 is 5.32 Å². The van der Waals surface area contributed by atoms with Gasteiger partial charge in [-0.15, -0.1) is 0 Å². The highest BCUT2D eigenvalue weighted by molar-refractivity contribution is 7.87. The zero-order valence-electron chi connectivity index (χ0n) is 20.6. The summed E-state index contributed by atoms with van der Waals surface area (Å²) >= 11 is 0. The number of halogens is 3. The van der Waals surface area contributed by atoms with E-state index in [4.69, 9.17) is 0 Å². The molecule has 4 rings (SSSR count). The minimum atomic E-state index is -3.99. The van der Waals surface area contributed by atoms with Crippen LogP contribution in [0.2, 0.25) is 0 Å². The summed E-state index contributed by atoms with van der Waals surface area (Å²) in [6.07, 6.45) is -1.14. The van der Waals surface area contributed by atoms with Crippen LogP contribution in [-0.2, 0) is 19.8 Å². The maximum Gasteiger partial charge on any atom is 0.280 e. The van der Waals surface area contributed by atoms with E-state index < -0.39 is 65.2 Å². The van der Waals surface area contributed by atoms with Crippen molar-refractivity contribution in [2.45, 2.75) is 50.7 Å². The first-order valence-corrected chi connectivity index (χ1v) is 13.3. The minimum absolute atomic E-state index is 0.140. The van der Waals surface area contributed by atoms with Crippen molar-refractivity contribution in [2.24, 2.45) is 0 Å². The van der Waals surface area contributed by atoms with Gasteiger partial charge in [-0.3, -0.25) is 14.5 Å². The summed E-state index contributed by atoms with van der Waals surface area (Å²) in [6, 6.07) is 8.85. The van der Waals surface area contributed by atoms with Gasteiger partial charge in [-0.05, 0) is 43.2 Å². The minimum Gasteiger partial charge on any atom is -0.351 e. The molecule has 13 heteroatoms. The van der Waals surface area contributed by atoms with E-state index >= 15 is 0 Å². The molecule has 2 amide bonds. The van der Waals surface area contributed by atoms with Gasteiger partial charge in [0.25, 0.3) is 16.1 Å². The van der Waals surface area contributed by atoms with Crippen molar-refractivity contribution in [3.63, 3.8) is 0 Å². The first-order chi connectivity index (χ1) is 17.8. The smallest absolute Gasteiger partial charge is 0.280 e. The van der Waals surface area contributed by atoms with Gasteiger partial charge in [-0.25, -0.2) is 13.2 Å². The number of rotatable bonds is 9. The number of alkyl halides is 2. The number of carbonyl (C=O) groups is 2. The Bertz CT molecular complexity index is 1400. The average Bonchev–Trinajstić information content (AvgIpc) is 3.57. The first-order valence-electron chi connectivity index (χ1n) is 11.8. The van der Waals surface area contributed by atoms with Crippen molar-refractivity contribution in [1.29, 1.82) is 5.26 Å². The van der Waals surface area contributed by atoms with Crippen LogP contribution in [-0.4, -0.2) is 55.6 Å². The van der Waals surface area contributed by atoms with E-state index in [0.29, 0.717) is 11.1 Å². The van der Waals surface area contributed by atoms with Crippen LogP contribution < -0.4 is 14.9 Å². The molecule has 3 atom stereocenters. The Labute approximate surface area is 218 Å². The second-order valence-corrected chi connectivity index (χ2v) is 11.3. The molecule has 1 aliphatic carbocycles. The van der Waals surface area contributed by atoms with Gasteiger partial charge in [-0.2, -0.15) is 22.7 Å². The third-order valence-corrected chi connectivity index (χ3v) is 8.14. The molecule has 0 spiro atoms. The van der Waals surface area contributed by atoms with Gasteiger partial charge in [0.2, 0.25) is 11.8 Å². The van der Waals surface area contributed by atoms with E-state index in [1.54, 1.807) is 44.2 Å². The molecule has 1 saturated carbocycles. The van der Waals surface area contributed by atoms with Crippen LogP contribution in [0.15, 0.2) is 42.5 Å². The molecule has 0 radical (unpaired) electrons. The quantitative estimate of drug-likeness (QED) is 0.466. The molecule has 2 fully saturated rings. The van der Waals surface area contributed by atoms with Crippen LogP contribution in [0.1, 0.15) is 42.5 Å². The number of hydrogen-bond acceptors (Lipinski definition) is 5. The lowest BCUT2D eigenvalue weighted by Gasteiger charge is -2.38. The SMILES string of the molecule is Cc1ccccc1C(C(=O)NC1CC(F)(F)C1)N(C(=O)CNS(=O)(=O)N1C[C@@H]1C)c1cc(F)cc(C#N)c1. The second kappa shape index (κ2) is 10.4. The molecule has 0 bridgehead atoms. The summed E-state index contributed by atoms with van der Waals surface area (Å²) in [5.74, 6) is -5.50. The first kappa shape index (κ1) is 27.6. The molecule has 1 aliphatic heterocycles. The Hall–Kier alpha value is -3.47. The van der Waals surface area contributed by atoms with Gasteiger partial charge in [0, 0.05) is 37.2 Å². The highest BCUT2D eigenvalue weighted by Gasteiger charge is 2.47. The fourth-order valence-electron chi connectivity index (χ4n) is 4.42. The Morgan fingerprint density at radius 2 is 1.89 bits per heavy atom. The highest BCUT2D eigenvalue weighted by atomic mass is 32.2. The van der Waals surface area contributed by atoms with Crippen LogP contribution in [0, 0.1) is 24.1 Å². The molecule has 9 nitrogen and oxygen atoms in total. The van der Waals surface area contributed by atoms with Gasteiger partial charge >= 0.3 is 0 Å². The lowest BCUT2D eigenvalue weighted by atomic mass is 9.87. The molecular formula is C25H26F3N5O4S. The van der Waals surface area contributed by atoms with Crippen molar-refractivity contribution in [2.75, 3.05) is 18.0 Å². The number of nitrogens with one attached hydrogen (secondary N) is 2. The standard InChI is InChI=1S/C25H26F3N5O4S/c1-15-5-3-4-6-21(15)23(24(35)31-19-10-25(27,28)11-19)33(20-8-17(12-29)7-18(26)9-20)22(34)13-30-38(36,37)32-14-16(32)2/h3-9,16,19,23,30H,10-11,13-14H2,1-2H3,(H,31,35)/t16-,23?,32?/m0/s1. The Balaban J connectivity index is 1.75. The number of anilines is 1. The Kier molecular flexibility index (Phi) is 7.51. The van der Waals surface area contributed by atoms with Gasteiger partial charge in [-0.1, -0.05) is 24.3 Å². The summed E-state index contributed by atoms with van der Waals surface area (Å²) in [6.45, 7) is 2.86. The van der Waals surface area contributed by atoms with Crippen molar-refractivity contribution in [3.8, 4) is 6.07 Å². The number of amides is 2. The highest BCUT2D eigenvalue weighted by Crippen LogP contribution is 2.38. The fourth-order valence-corrected chi connectivity index (χ4v) is 5.78. The number of carbonyl (C=O) groups excluding carboxylic acids is 2. The van der Waals surface area contributed by atoms with Gasteiger partial charge in [0.05, 0.1) is 18.2 Å². The predicted octanol–water partition coefficient (Wildman–Crippen LogP) is 2.53. The van der Waals surface area contributed by atoms with E-state index in [-0.39, 0.29) is 23.8 Å². The van der Waals surface area contributed by atoms with Crippen LogP contribution in [0.5, 0.6) is 0 Å². The number of benzene rings is 2. The zero-order chi connectivity index (χ0) is 27.8. The monoisotopic (exact) mass is 549 g/mol. The van der Waals surface area contributed by atoms with E-state index in [9.17, 15) is 36.4 Å². The third kappa shape index (κ3) is 5.98. The van der Waals surface area contributed by atoms with E-state index in [1.165, 1.54) is 6.07 Å². The van der Waals surface area contributed by atoms with Crippen LogP contribution in [0.25, 0.3) is 0 Å². The summed E-state index contributed by atoms with van der Waals surface area (Å²) in [5.41, 5.74) is 0.571. The Morgan fingerprint density at radius 1 is 1.24 bits per heavy atom. The van der Waals surface area contributed by atoms with Crippen LogP contribution in [0.3, 0.4) is 0 Å². The largest absolute Gasteiger partial charge is 0.351 e. The average molecular weight is 550 g/mol. The number of hydrogen-bond donors (Lipinski definition) is 2. The number of nitriles is 1. The number of nitrogens with zero attached hydrogens (tertiary/aromatic N) is 3. The topological polar surface area (TPSA) is 122 Å². The molecular weight excluding hydrogens is 523 g/mol. The lowest BCUT2D eigenvalue weighted by Crippen LogP contribution is -2.55. The summed E-state index contributed by atoms with van der Waals surface area (Å²) < 4.78 is 69.7. The molecule has 1 heterocycles. The van der Waals surface area contributed by atoms with Crippen molar-refractivity contribution in [3.05, 3.63) is 65.0 Å². The van der Waals surface area contributed by atoms with Crippen molar-refractivity contribution in [1.82, 2.24) is 14.3 Å². The molecule has 1 saturated heterocycles. The molecule has 2 aromatic carbocycles. The molecule has 38 heavy (non-hydrogen) atoms. The second-order valence-electron chi connectivity index (χ2n) is 9.55. The summed E-state index contributed by atoms with van der Waals surface area (Å²) in [4.78, 5) is 28.1. The van der Waals surface area contributed by atoms with Gasteiger partial charge in [0.1, 0.15) is 11.9 Å². The summed E-state index contributed by atoms with van der Waals surface area (Å²) in [5, 5.41) is 11.9. The maximum atomic E-state index is 14.5. The normalized spacial score (nSPS) is 21.1. The van der Waals surface area contributed by atoms with E-state index in [2.05, 4.69) is 10.0 Å². The predicted molar refractivity (Wildman–Crippen MR) is 132 cm³/mol. The molecule has 2 aromatic rings. The van der Waals surface area contributed by atoms with Crippen molar-refractivity contribution >= 4 is 27.7 Å². The van der Waals surface area contributed by atoms with E-state index in [0.717, 1.165) is 21.3 Å². The number of aryl methyl sites for hydroxylation is 1. The van der Waals surface area contributed by atoms with Gasteiger partial charge in [0.15, 0.2) is 0 Å². The summed E-state index contributed by atoms with van der Waals surface area (Å²) in [7, 11) is -3.99. The molecule has 2 N–H and O–H groups in total. The van der Waals surface area contributed by atoms with Crippen LogP contribution >= 0.6 is 0 Å². The molecule has 2 aliphatic rings. The van der Waals surface area contributed by atoms with E-state index in [1.807, 2.05) is 0 Å². The zero-order valence-corrected chi connectivity index (χ0v) is 21.4. The van der Waals surface area contributed by atoms with Crippen LogP contribution in [0.4, 0.5) is 18.9 Å². The molecule has 0 aromatic heterocycles.